The molecule has 0 bridgehead atoms. The molecule has 1 saturated carbocycles. The third kappa shape index (κ3) is 4.74. The predicted octanol–water partition coefficient (Wildman–Crippen LogP) is 7.75. The lowest BCUT2D eigenvalue weighted by Gasteiger charge is -2.29. The fourth-order valence-corrected chi connectivity index (χ4v) is 5.04. The zero-order valence-corrected chi connectivity index (χ0v) is 16.1. The molecular weight excluding hydrogens is 307 g/mol. The van der Waals surface area contributed by atoms with Crippen molar-refractivity contribution in [1.82, 2.24) is 0 Å². The molecule has 0 saturated heterocycles. The third-order valence-electron chi connectivity index (χ3n) is 6.56. The molecule has 0 heterocycles. The Kier molecular flexibility index (Phi) is 6.73. The molecule has 0 amide bonds. The molecule has 1 fully saturated rings. The van der Waals surface area contributed by atoms with Gasteiger partial charge in [0, 0.05) is 5.92 Å². The molecular formula is C24H35F. The first-order valence-electron chi connectivity index (χ1n) is 10.7. The van der Waals surface area contributed by atoms with Gasteiger partial charge in [0.25, 0.3) is 0 Å². The minimum absolute atomic E-state index is 0.0422. The Labute approximate surface area is 153 Å². The summed E-state index contributed by atoms with van der Waals surface area (Å²) in [6, 6.07) is 6.13. The highest BCUT2D eigenvalue weighted by Crippen LogP contribution is 2.39. The standard InChI is InChI=1S/C24H35F/c1-3-5-18-7-11-20(12-8-18)22-15-16-23(24(25)17-22)21-13-9-19(6-4-2)10-14-21/h7,11,15-21H,3-6,8-10,12-14H2,1-2H3. The second-order valence-electron chi connectivity index (χ2n) is 8.40. The molecule has 25 heavy (non-hydrogen) atoms. The second kappa shape index (κ2) is 9.01. The van der Waals surface area contributed by atoms with Gasteiger partial charge in [-0.3, -0.25) is 0 Å². The first-order valence-corrected chi connectivity index (χ1v) is 10.7. The minimum Gasteiger partial charge on any atom is -0.207 e. The Balaban J connectivity index is 1.63. The summed E-state index contributed by atoms with van der Waals surface area (Å²) in [5.74, 6) is 2.52. The molecule has 0 N–H and O–H groups in total. The van der Waals surface area contributed by atoms with Gasteiger partial charge in [0.15, 0.2) is 0 Å². The van der Waals surface area contributed by atoms with Crippen LogP contribution in [0.15, 0.2) is 30.4 Å². The van der Waals surface area contributed by atoms with Gasteiger partial charge in [-0.25, -0.2) is 4.39 Å². The summed E-state index contributed by atoms with van der Waals surface area (Å²) in [5, 5.41) is 0. The molecule has 2 unspecified atom stereocenters. The zero-order chi connectivity index (χ0) is 17.6. The zero-order valence-electron chi connectivity index (χ0n) is 16.1. The summed E-state index contributed by atoms with van der Waals surface area (Å²) in [6.07, 6.45) is 17.2. The highest BCUT2D eigenvalue weighted by Gasteiger charge is 2.25. The summed E-state index contributed by atoms with van der Waals surface area (Å²) in [7, 11) is 0. The minimum atomic E-state index is 0.0422. The van der Waals surface area contributed by atoms with E-state index in [1.807, 2.05) is 6.07 Å². The Morgan fingerprint density at radius 1 is 0.880 bits per heavy atom. The summed E-state index contributed by atoms with van der Waals surface area (Å²) >= 11 is 0. The van der Waals surface area contributed by atoms with Crippen LogP contribution < -0.4 is 0 Å². The van der Waals surface area contributed by atoms with Gasteiger partial charge in [0.05, 0.1) is 0 Å². The Morgan fingerprint density at radius 2 is 1.64 bits per heavy atom. The van der Waals surface area contributed by atoms with Gasteiger partial charge < -0.3 is 0 Å². The first-order chi connectivity index (χ1) is 12.2. The van der Waals surface area contributed by atoms with Crippen LogP contribution in [0.5, 0.6) is 0 Å². The summed E-state index contributed by atoms with van der Waals surface area (Å²) < 4.78 is 14.8. The van der Waals surface area contributed by atoms with Crippen molar-refractivity contribution >= 4 is 0 Å². The van der Waals surface area contributed by atoms with E-state index < -0.39 is 0 Å². The highest BCUT2D eigenvalue weighted by molar-refractivity contribution is 5.32. The van der Waals surface area contributed by atoms with Crippen molar-refractivity contribution in [2.75, 3.05) is 0 Å². The van der Waals surface area contributed by atoms with E-state index >= 15 is 0 Å². The molecule has 2 atom stereocenters. The average Bonchev–Trinajstić information content (AvgIpc) is 2.64. The number of halogens is 1. The molecule has 1 aromatic rings. The molecule has 1 heteroatoms. The van der Waals surface area contributed by atoms with Gasteiger partial charge in [-0.15, -0.1) is 0 Å². The molecule has 0 aromatic heterocycles. The first kappa shape index (κ1) is 18.7. The van der Waals surface area contributed by atoms with Crippen LogP contribution in [-0.2, 0) is 0 Å². The molecule has 138 valence electrons. The van der Waals surface area contributed by atoms with Crippen molar-refractivity contribution in [3.05, 3.63) is 47.3 Å². The molecule has 0 nitrogen and oxygen atoms in total. The third-order valence-corrected chi connectivity index (χ3v) is 6.56. The Morgan fingerprint density at radius 3 is 2.24 bits per heavy atom. The van der Waals surface area contributed by atoms with E-state index in [-0.39, 0.29) is 5.82 Å². The van der Waals surface area contributed by atoms with E-state index in [2.05, 4.69) is 38.1 Å². The van der Waals surface area contributed by atoms with E-state index in [0.29, 0.717) is 11.8 Å². The van der Waals surface area contributed by atoms with Crippen LogP contribution in [0.2, 0.25) is 0 Å². The summed E-state index contributed by atoms with van der Waals surface area (Å²) in [4.78, 5) is 0. The van der Waals surface area contributed by atoms with Crippen LogP contribution in [0.25, 0.3) is 0 Å². The van der Waals surface area contributed by atoms with E-state index in [1.54, 1.807) is 0 Å². The normalized spacial score (nSPS) is 29.7. The number of benzene rings is 1. The van der Waals surface area contributed by atoms with Gasteiger partial charge in [0.1, 0.15) is 5.82 Å². The Hall–Kier alpha value is -1.11. The van der Waals surface area contributed by atoms with Gasteiger partial charge >= 0.3 is 0 Å². The van der Waals surface area contributed by atoms with Crippen LogP contribution in [0.4, 0.5) is 4.39 Å². The number of allylic oxidation sites excluding steroid dienone is 2. The average molecular weight is 343 g/mol. The van der Waals surface area contributed by atoms with Crippen LogP contribution >= 0.6 is 0 Å². The summed E-state index contributed by atoms with van der Waals surface area (Å²) in [6.45, 7) is 4.53. The maximum absolute atomic E-state index is 14.8. The van der Waals surface area contributed by atoms with Crippen molar-refractivity contribution in [3.63, 3.8) is 0 Å². The van der Waals surface area contributed by atoms with E-state index in [0.717, 1.165) is 17.4 Å². The van der Waals surface area contributed by atoms with Crippen molar-refractivity contribution in [3.8, 4) is 0 Å². The number of hydrogen-bond donors (Lipinski definition) is 0. The molecule has 2 aliphatic carbocycles. The lowest BCUT2D eigenvalue weighted by molar-refractivity contribution is 0.304. The van der Waals surface area contributed by atoms with Crippen molar-refractivity contribution < 1.29 is 4.39 Å². The molecule has 3 rings (SSSR count). The molecule has 2 aliphatic rings. The topological polar surface area (TPSA) is 0 Å². The maximum atomic E-state index is 14.8. The van der Waals surface area contributed by atoms with Gasteiger partial charge in [0.2, 0.25) is 0 Å². The smallest absolute Gasteiger partial charge is 0.126 e. The maximum Gasteiger partial charge on any atom is 0.126 e. The molecule has 0 aliphatic heterocycles. The SMILES string of the molecule is CCCC1C=CC(c2ccc(C3CCC(CCC)CC3)c(F)c2)CC1. The van der Waals surface area contributed by atoms with Crippen LogP contribution in [0.1, 0.15) is 101 Å². The van der Waals surface area contributed by atoms with E-state index in [4.69, 9.17) is 0 Å². The van der Waals surface area contributed by atoms with Crippen molar-refractivity contribution in [2.45, 2.75) is 89.9 Å². The quantitative estimate of drug-likeness (QED) is 0.464. The fraction of sp³-hybridized carbons (Fsp3) is 0.667. The van der Waals surface area contributed by atoms with E-state index in [1.165, 1.54) is 69.8 Å². The van der Waals surface area contributed by atoms with Crippen LogP contribution in [-0.4, -0.2) is 0 Å². The van der Waals surface area contributed by atoms with E-state index in [9.17, 15) is 4.39 Å². The lowest BCUT2D eigenvalue weighted by atomic mass is 9.76. The van der Waals surface area contributed by atoms with Crippen molar-refractivity contribution in [1.29, 1.82) is 0 Å². The Bertz CT molecular complexity index is 565. The number of rotatable bonds is 6. The number of hydrogen-bond acceptors (Lipinski definition) is 0. The fourth-order valence-electron chi connectivity index (χ4n) is 5.04. The van der Waals surface area contributed by atoms with Gasteiger partial charge in [-0.05, 0) is 79.9 Å². The van der Waals surface area contributed by atoms with Gasteiger partial charge in [-0.1, -0.05) is 57.4 Å². The predicted molar refractivity (Wildman–Crippen MR) is 106 cm³/mol. The van der Waals surface area contributed by atoms with Crippen LogP contribution in [0, 0.1) is 17.7 Å². The van der Waals surface area contributed by atoms with Crippen molar-refractivity contribution in [2.24, 2.45) is 11.8 Å². The summed E-state index contributed by atoms with van der Waals surface area (Å²) in [5.41, 5.74) is 2.15. The molecule has 0 radical (unpaired) electrons. The largest absolute Gasteiger partial charge is 0.207 e. The molecule has 1 aromatic carbocycles. The van der Waals surface area contributed by atoms with Crippen LogP contribution in [0.3, 0.4) is 0 Å². The molecule has 0 spiro atoms. The van der Waals surface area contributed by atoms with Gasteiger partial charge in [-0.2, -0.15) is 0 Å². The monoisotopic (exact) mass is 342 g/mol. The lowest BCUT2D eigenvalue weighted by Crippen LogP contribution is -2.14. The second-order valence-corrected chi connectivity index (χ2v) is 8.40. The highest BCUT2D eigenvalue weighted by atomic mass is 19.1.